The number of hydrogen-bond acceptors (Lipinski definition) is 6. The van der Waals surface area contributed by atoms with Crippen LogP contribution in [0.25, 0.3) is 0 Å². The zero-order chi connectivity index (χ0) is 17.8. The molecule has 3 heterocycles. The molecule has 1 aliphatic rings. The lowest BCUT2D eigenvalue weighted by atomic mass is 10.1. The third-order valence-corrected chi connectivity index (χ3v) is 4.28. The first-order valence-corrected chi connectivity index (χ1v) is 8.23. The van der Waals surface area contributed by atoms with Crippen LogP contribution in [0.15, 0.2) is 33.4 Å². The van der Waals surface area contributed by atoms with E-state index in [1.807, 2.05) is 24.0 Å². The van der Waals surface area contributed by atoms with Gasteiger partial charge in [-0.15, -0.1) is 0 Å². The maximum absolute atomic E-state index is 12.5. The van der Waals surface area contributed by atoms with Gasteiger partial charge in [-0.05, 0) is 19.1 Å². The van der Waals surface area contributed by atoms with Crippen LogP contribution in [0.1, 0.15) is 23.6 Å². The van der Waals surface area contributed by atoms with Gasteiger partial charge >= 0.3 is 0 Å². The Labute approximate surface area is 145 Å². The first-order chi connectivity index (χ1) is 12.0. The Morgan fingerprint density at radius 1 is 1.44 bits per heavy atom. The van der Waals surface area contributed by atoms with E-state index in [1.54, 1.807) is 18.0 Å². The van der Waals surface area contributed by atoms with Crippen molar-refractivity contribution in [3.8, 4) is 0 Å². The smallest absolute Gasteiger partial charge is 0.237 e. The van der Waals surface area contributed by atoms with Gasteiger partial charge in [0.1, 0.15) is 23.5 Å². The van der Waals surface area contributed by atoms with Gasteiger partial charge in [0.15, 0.2) is 0 Å². The predicted octanol–water partition coefficient (Wildman–Crippen LogP) is 0.925. The van der Waals surface area contributed by atoms with Crippen LogP contribution >= 0.6 is 0 Å². The highest BCUT2D eigenvalue weighted by Crippen LogP contribution is 2.17. The molecule has 0 spiro atoms. The van der Waals surface area contributed by atoms with Crippen LogP contribution in [-0.2, 0) is 22.7 Å². The fourth-order valence-corrected chi connectivity index (χ4v) is 2.92. The second kappa shape index (κ2) is 7.52. The Balaban J connectivity index is 1.64. The highest BCUT2D eigenvalue weighted by Gasteiger charge is 2.33. The van der Waals surface area contributed by atoms with Gasteiger partial charge in [0.2, 0.25) is 11.8 Å². The van der Waals surface area contributed by atoms with Gasteiger partial charge in [-0.1, -0.05) is 5.16 Å². The van der Waals surface area contributed by atoms with Crippen LogP contribution in [0.5, 0.6) is 0 Å². The van der Waals surface area contributed by atoms with Crippen molar-refractivity contribution < 1.29 is 18.5 Å². The summed E-state index contributed by atoms with van der Waals surface area (Å²) in [7, 11) is 1.69. The third kappa shape index (κ3) is 4.27. The number of nitrogens with one attached hydrogen (secondary N) is 1. The zero-order valence-corrected chi connectivity index (χ0v) is 14.4. The Bertz CT molecular complexity index is 725. The Morgan fingerprint density at radius 2 is 2.28 bits per heavy atom. The fourth-order valence-electron chi connectivity index (χ4n) is 2.92. The van der Waals surface area contributed by atoms with Gasteiger partial charge in [-0.25, -0.2) is 0 Å². The largest absolute Gasteiger partial charge is 0.465 e. The van der Waals surface area contributed by atoms with E-state index >= 15 is 0 Å². The van der Waals surface area contributed by atoms with Crippen LogP contribution < -0.4 is 5.32 Å². The summed E-state index contributed by atoms with van der Waals surface area (Å²) in [6, 6.07) is 5.00. The number of amides is 2. The molecule has 8 heteroatoms. The molecule has 3 rings (SSSR count). The number of rotatable bonds is 6. The summed E-state index contributed by atoms with van der Waals surface area (Å²) in [5.41, 5.74) is 0.673. The summed E-state index contributed by atoms with van der Waals surface area (Å²) in [6.07, 6.45) is 1.58. The molecule has 0 radical (unpaired) electrons. The Morgan fingerprint density at radius 3 is 2.96 bits per heavy atom. The molecule has 0 bridgehead atoms. The quantitative estimate of drug-likeness (QED) is 0.836. The van der Waals surface area contributed by atoms with Crippen molar-refractivity contribution in [2.75, 3.05) is 20.1 Å². The van der Waals surface area contributed by atoms with Crippen LogP contribution in [0, 0.1) is 6.92 Å². The monoisotopic (exact) mass is 346 g/mol. The molecule has 0 aliphatic carbocycles. The molecular formula is C17H22N4O4. The maximum atomic E-state index is 12.5. The zero-order valence-electron chi connectivity index (χ0n) is 14.4. The van der Waals surface area contributed by atoms with Crippen molar-refractivity contribution in [3.63, 3.8) is 0 Å². The second-order valence-electron chi connectivity index (χ2n) is 6.23. The average molecular weight is 346 g/mol. The summed E-state index contributed by atoms with van der Waals surface area (Å²) in [5, 5.41) is 6.64. The normalized spacial score (nSPS) is 18.2. The molecule has 0 saturated carbocycles. The molecule has 2 aromatic rings. The molecule has 1 fully saturated rings. The number of furan rings is 1. The highest BCUT2D eigenvalue weighted by molar-refractivity contribution is 5.88. The minimum Gasteiger partial charge on any atom is -0.465 e. The van der Waals surface area contributed by atoms with E-state index in [1.165, 1.54) is 6.26 Å². The number of nitrogens with zero attached hydrogens (tertiary/aromatic N) is 3. The molecule has 1 unspecified atom stereocenters. The molecule has 25 heavy (non-hydrogen) atoms. The van der Waals surface area contributed by atoms with Crippen molar-refractivity contribution in [3.05, 3.63) is 41.7 Å². The van der Waals surface area contributed by atoms with E-state index in [4.69, 9.17) is 8.94 Å². The predicted molar refractivity (Wildman–Crippen MR) is 88.2 cm³/mol. The lowest BCUT2D eigenvalue weighted by Crippen LogP contribution is -2.56. The van der Waals surface area contributed by atoms with Gasteiger partial charge in [0.05, 0.1) is 25.6 Å². The molecule has 2 aromatic heterocycles. The van der Waals surface area contributed by atoms with Crippen LogP contribution in [0.3, 0.4) is 0 Å². The number of aromatic nitrogens is 1. The number of aryl methyl sites for hydroxylation is 1. The van der Waals surface area contributed by atoms with E-state index in [9.17, 15) is 9.59 Å². The van der Waals surface area contributed by atoms with Crippen molar-refractivity contribution in [2.24, 2.45) is 0 Å². The van der Waals surface area contributed by atoms with Crippen LogP contribution in [0.2, 0.25) is 0 Å². The number of carbonyl (C=O) groups is 2. The van der Waals surface area contributed by atoms with Gasteiger partial charge in [-0.3, -0.25) is 14.5 Å². The van der Waals surface area contributed by atoms with Crippen LogP contribution in [0.4, 0.5) is 0 Å². The van der Waals surface area contributed by atoms with E-state index in [0.717, 1.165) is 11.5 Å². The maximum Gasteiger partial charge on any atom is 0.237 e. The third-order valence-electron chi connectivity index (χ3n) is 4.28. The number of hydrogen-bond donors (Lipinski definition) is 1. The topological polar surface area (TPSA) is 91.8 Å². The summed E-state index contributed by atoms with van der Waals surface area (Å²) in [6.45, 7) is 3.98. The van der Waals surface area contributed by atoms with Crippen molar-refractivity contribution >= 4 is 11.8 Å². The molecule has 1 N–H and O–H groups in total. The first kappa shape index (κ1) is 17.2. The molecule has 2 amide bonds. The Hall–Kier alpha value is -2.61. The summed E-state index contributed by atoms with van der Waals surface area (Å²) in [4.78, 5) is 28.4. The SMILES string of the molecule is Cc1ccc(CN2CCNC(=O)C2CC(=O)N(C)Cc2ccon2)o1. The van der Waals surface area contributed by atoms with E-state index in [2.05, 4.69) is 10.5 Å². The van der Waals surface area contributed by atoms with Crippen molar-refractivity contribution in [2.45, 2.75) is 32.5 Å². The van der Waals surface area contributed by atoms with Crippen molar-refractivity contribution in [1.29, 1.82) is 0 Å². The first-order valence-electron chi connectivity index (χ1n) is 8.23. The molecule has 1 aliphatic heterocycles. The second-order valence-corrected chi connectivity index (χ2v) is 6.23. The lowest BCUT2D eigenvalue weighted by Gasteiger charge is -2.34. The number of carbonyl (C=O) groups excluding carboxylic acids is 2. The lowest BCUT2D eigenvalue weighted by molar-refractivity contribution is -0.138. The molecule has 0 aromatic carbocycles. The fraction of sp³-hybridized carbons (Fsp3) is 0.471. The van der Waals surface area contributed by atoms with E-state index < -0.39 is 6.04 Å². The summed E-state index contributed by atoms with van der Waals surface area (Å²) in [5.74, 6) is 1.38. The standard InChI is InChI=1S/C17H22N4O4/c1-12-3-4-14(25-12)11-21-7-6-18-17(23)15(21)9-16(22)20(2)10-13-5-8-24-19-13/h3-5,8,15H,6-7,9-11H2,1-2H3,(H,18,23). The molecule has 8 nitrogen and oxygen atoms in total. The number of piperazine rings is 1. The van der Waals surface area contributed by atoms with Crippen LogP contribution in [-0.4, -0.2) is 52.9 Å². The van der Waals surface area contributed by atoms with Gasteiger partial charge in [0, 0.05) is 26.2 Å². The minimum absolute atomic E-state index is 0.111. The Kier molecular flexibility index (Phi) is 5.18. The molecule has 1 atom stereocenters. The molecule has 1 saturated heterocycles. The minimum atomic E-state index is -0.508. The van der Waals surface area contributed by atoms with Gasteiger partial charge < -0.3 is 19.2 Å². The molecule has 134 valence electrons. The molecular weight excluding hydrogens is 324 g/mol. The van der Waals surface area contributed by atoms with Crippen molar-refractivity contribution in [1.82, 2.24) is 20.3 Å². The summed E-state index contributed by atoms with van der Waals surface area (Å²) < 4.78 is 10.4. The average Bonchev–Trinajstić information content (AvgIpc) is 3.22. The van der Waals surface area contributed by atoms with Gasteiger partial charge in [-0.2, -0.15) is 0 Å². The summed E-state index contributed by atoms with van der Waals surface area (Å²) >= 11 is 0. The van der Waals surface area contributed by atoms with E-state index in [-0.39, 0.29) is 18.2 Å². The van der Waals surface area contributed by atoms with Gasteiger partial charge in [0.25, 0.3) is 0 Å². The van der Waals surface area contributed by atoms with E-state index in [0.29, 0.717) is 31.9 Å². The highest BCUT2D eigenvalue weighted by atomic mass is 16.5.